The Balaban J connectivity index is 1.38. The number of benzene rings is 1. The maximum atomic E-state index is 4.13. The first-order chi connectivity index (χ1) is 18.8. The zero-order valence-electron chi connectivity index (χ0n) is 22.6. The molecular formula is C37H41N. The van der Waals surface area contributed by atoms with E-state index < -0.39 is 0 Å². The van der Waals surface area contributed by atoms with E-state index >= 15 is 0 Å². The molecule has 38 heavy (non-hydrogen) atoms. The fraction of sp³-hybridized carbons (Fsp3) is 0.297. The maximum Gasteiger partial charge on any atom is 0.0550 e. The van der Waals surface area contributed by atoms with Gasteiger partial charge in [0.25, 0.3) is 0 Å². The van der Waals surface area contributed by atoms with Crippen LogP contribution in [-0.4, -0.2) is 6.04 Å². The molecule has 0 aromatic heterocycles. The van der Waals surface area contributed by atoms with Gasteiger partial charge in [0, 0.05) is 17.3 Å². The van der Waals surface area contributed by atoms with Crippen molar-refractivity contribution in [2.24, 2.45) is 11.8 Å². The van der Waals surface area contributed by atoms with Crippen molar-refractivity contribution in [3.63, 3.8) is 0 Å². The van der Waals surface area contributed by atoms with Crippen LogP contribution in [-0.2, 0) is 0 Å². The van der Waals surface area contributed by atoms with Crippen molar-refractivity contribution in [3.8, 4) is 0 Å². The fourth-order valence-corrected chi connectivity index (χ4v) is 6.36. The van der Waals surface area contributed by atoms with Gasteiger partial charge >= 0.3 is 0 Å². The van der Waals surface area contributed by atoms with Crippen LogP contribution in [0, 0.1) is 11.8 Å². The summed E-state index contributed by atoms with van der Waals surface area (Å²) < 4.78 is 0. The molecule has 0 spiro atoms. The van der Waals surface area contributed by atoms with Gasteiger partial charge in [-0.1, -0.05) is 96.7 Å². The molecule has 5 rings (SSSR count). The van der Waals surface area contributed by atoms with Gasteiger partial charge < -0.3 is 4.90 Å². The third-order valence-corrected chi connectivity index (χ3v) is 8.30. The summed E-state index contributed by atoms with van der Waals surface area (Å²) in [6, 6.07) is 10.9. The van der Waals surface area contributed by atoms with Crippen LogP contribution in [0.4, 0.5) is 5.69 Å². The number of hydrogen-bond acceptors (Lipinski definition) is 1. The van der Waals surface area contributed by atoms with Crippen LogP contribution in [0.15, 0.2) is 150 Å². The standard InChI is InChI=1S/C37H41N/c1-3-14-34(4-2)38(35-19-12-7-13-20-35)36-27-25-30(26-28-36)29-21-23-33(24-22-29)37(31-15-8-5-9-16-31)32-17-10-6-11-18-32/h3-5,7-10,12-13,15,17-21,23,25,27,31,34,37H,1-2,6,11,14,16,22,24,26,28H2. The molecule has 4 aliphatic carbocycles. The topological polar surface area (TPSA) is 3.24 Å². The van der Waals surface area contributed by atoms with Crippen LogP contribution in [0.5, 0.6) is 0 Å². The first-order valence-electron chi connectivity index (χ1n) is 14.4. The number of rotatable bonds is 10. The third kappa shape index (κ3) is 5.94. The van der Waals surface area contributed by atoms with Crippen molar-refractivity contribution >= 4 is 5.69 Å². The fourth-order valence-electron chi connectivity index (χ4n) is 6.36. The van der Waals surface area contributed by atoms with Crippen LogP contribution >= 0.6 is 0 Å². The molecule has 1 nitrogen and oxygen atoms in total. The maximum absolute atomic E-state index is 4.13. The predicted octanol–water partition coefficient (Wildman–Crippen LogP) is 9.90. The Morgan fingerprint density at radius 2 is 1.68 bits per heavy atom. The van der Waals surface area contributed by atoms with Crippen molar-refractivity contribution in [3.05, 3.63) is 150 Å². The summed E-state index contributed by atoms with van der Waals surface area (Å²) in [5, 5.41) is 0. The average molecular weight is 500 g/mol. The molecule has 0 heterocycles. The Bertz CT molecular complexity index is 1260. The Morgan fingerprint density at radius 1 is 0.868 bits per heavy atom. The van der Waals surface area contributed by atoms with Gasteiger partial charge in [0.15, 0.2) is 0 Å². The Hall–Kier alpha value is -3.58. The van der Waals surface area contributed by atoms with E-state index in [1.165, 1.54) is 40.9 Å². The largest absolute Gasteiger partial charge is 0.338 e. The van der Waals surface area contributed by atoms with Gasteiger partial charge in [0.05, 0.1) is 6.04 Å². The third-order valence-electron chi connectivity index (χ3n) is 8.30. The normalized spacial score (nSPS) is 22.3. The molecule has 0 bridgehead atoms. The second-order valence-electron chi connectivity index (χ2n) is 10.7. The highest BCUT2D eigenvalue weighted by Gasteiger charge is 2.28. The molecule has 3 unspecified atom stereocenters. The van der Waals surface area contributed by atoms with E-state index in [-0.39, 0.29) is 6.04 Å². The molecule has 1 aromatic rings. The van der Waals surface area contributed by atoms with Crippen LogP contribution in [0.2, 0.25) is 0 Å². The zero-order valence-corrected chi connectivity index (χ0v) is 22.6. The highest BCUT2D eigenvalue weighted by atomic mass is 15.2. The molecule has 0 amide bonds. The minimum atomic E-state index is 0.208. The Morgan fingerprint density at radius 3 is 2.29 bits per heavy atom. The highest BCUT2D eigenvalue weighted by molar-refractivity contribution is 5.56. The molecule has 1 aromatic carbocycles. The van der Waals surface area contributed by atoms with Gasteiger partial charge in [-0.3, -0.25) is 0 Å². The quantitative estimate of drug-likeness (QED) is 0.290. The first-order valence-corrected chi connectivity index (χ1v) is 14.4. The van der Waals surface area contributed by atoms with Gasteiger partial charge in [-0.2, -0.15) is 0 Å². The van der Waals surface area contributed by atoms with Gasteiger partial charge in [-0.25, -0.2) is 0 Å². The van der Waals surface area contributed by atoms with Gasteiger partial charge in [0.2, 0.25) is 0 Å². The van der Waals surface area contributed by atoms with Crippen LogP contribution in [0.25, 0.3) is 0 Å². The van der Waals surface area contributed by atoms with E-state index in [0.29, 0.717) is 11.8 Å². The summed E-state index contributed by atoms with van der Waals surface area (Å²) in [5.41, 5.74) is 8.68. The summed E-state index contributed by atoms with van der Waals surface area (Å²) in [5.74, 6) is 1.06. The molecular weight excluding hydrogens is 458 g/mol. The number of hydrogen-bond donors (Lipinski definition) is 0. The smallest absolute Gasteiger partial charge is 0.0550 e. The average Bonchev–Trinajstić information content (AvgIpc) is 2.99. The van der Waals surface area contributed by atoms with Crippen molar-refractivity contribution in [1.29, 1.82) is 0 Å². The lowest BCUT2D eigenvalue weighted by Crippen LogP contribution is -2.33. The van der Waals surface area contributed by atoms with Crippen molar-refractivity contribution < 1.29 is 0 Å². The van der Waals surface area contributed by atoms with E-state index in [0.717, 1.165) is 38.5 Å². The molecule has 0 saturated carbocycles. The number of para-hydroxylation sites is 1. The number of anilines is 1. The van der Waals surface area contributed by atoms with Crippen molar-refractivity contribution in [2.45, 2.75) is 57.4 Å². The van der Waals surface area contributed by atoms with Gasteiger partial charge in [-0.05, 0) is 92.2 Å². The zero-order chi connectivity index (χ0) is 26.2. The van der Waals surface area contributed by atoms with Crippen molar-refractivity contribution in [2.75, 3.05) is 4.90 Å². The van der Waals surface area contributed by atoms with E-state index in [4.69, 9.17) is 0 Å². The van der Waals surface area contributed by atoms with Gasteiger partial charge in [0.1, 0.15) is 0 Å². The Labute approximate surface area is 230 Å². The lowest BCUT2D eigenvalue weighted by Gasteiger charge is -2.35. The molecule has 0 saturated heterocycles. The molecule has 3 atom stereocenters. The van der Waals surface area contributed by atoms with Crippen molar-refractivity contribution in [1.82, 2.24) is 0 Å². The molecule has 4 aliphatic rings. The molecule has 0 fully saturated rings. The number of allylic oxidation sites excluding steroid dienone is 16. The van der Waals surface area contributed by atoms with E-state index in [9.17, 15) is 0 Å². The molecule has 1 heteroatoms. The van der Waals surface area contributed by atoms with E-state index in [1.54, 1.807) is 5.57 Å². The van der Waals surface area contributed by atoms with E-state index in [2.05, 4.69) is 121 Å². The summed E-state index contributed by atoms with van der Waals surface area (Å²) in [6.45, 7) is 8.12. The minimum Gasteiger partial charge on any atom is -0.338 e. The molecule has 0 aliphatic heterocycles. The highest BCUT2D eigenvalue weighted by Crippen LogP contribution is 2.41. The summed E-state index contributed by atoms with van der Waals surface area (Å²) in [7, 11) is 0. The second-order valence-corrected chi connectivity index (χ2v) is 10.7. The lowest BCUT2D eigenvalue weighted by atomic mass is 9.73. The molecule has 0 N–H and O–H groups in total. The first kappa shape index (κ1) is 26.0. The lowest BCUT2D eigenvalue weighted by molar-refractivity contribution is 0.500. The molecule has 0 radical (unpaired) electrons. The van der Waals surface area contributed by atoms with Crippen LogP contribution in [0.3, 0.4) is 0 Å². The minimum absolute atomic E-state index is 0.208. The summed E-state index contributed by atoms with van der Waals surface area (Å²) >= 11 is 0. The summed E-state index contributed by atoms with van der Waals surface area (Å²) in [4.78, 5) is 2.44. The Kier molecular flexibility index (Phi) is 8.76. The predicted molar refractivity (Wildman–Crippen MR) is 165 cm³/mol. The van der Waals surface area contributed by atoms with Gasteiger partial charge in [-0.15, -0.1) is 13.2 Å². The summed E-state index contributed by atoms with van der Waals surface area (Å²) in [6.07, 6.45) is 38.8. The second kappa shape index (κ2) is 12.8. The van der Waals surface area contributed by atoms with Crippen LogP contribution < -0.4 is 4.90 Å². The SMILES string of the molecule is C=CCC(C=C)N(C1=CC=C(C2=CC=C(C(C3=CCCC=C3)C3C=CC=CC3)CC2)CC1)c1ccccc1. The molecule has 194 valence electrons. The number of nitrogens with zero attached hydrogens (tertiary/aromatic N) is 1. The van der Waals surface area contributed by atoms with E-state index in [1.807, 2.05) is 6.08 Å². The van der Waals surface area contributed by atoms with Crippen LogP contribution in [0.1, 0.15) is 51.4 Å². The monoisotopic (exact) mass is 499 g/mol.